The molecule has 0 aromatic carbocycles. The van der Waals surface area contributed by atoms with Crippen LogP contribution in [0.4, 0.5) is 4.39 Å². The standard InChI is InChI=1S/C9H15F/c1-3-5-6-8-9(10)7-4-2/h3,8H,1,4-7H2,2H3/b9-8-. The molecule has 0 aromatic heterocycles. The summed E-state index contributed by atoms with van der Waals surface area (Å²) in [5.74, 6) is 0.0179. The monoisotopic (exact) mass is 142 g/mol. The van der Waals surface area contributed by atoms with Crippen molar-refractivity contribution in [2.24, 2.45) is 0 Å². The van der Waals surface area contributed by atoms with E-state index in [0.29, 0.717) is 6.42 Å². The lowest BCUT2D eigenvalue weighted by Crippen LogP contribution is -1.73. The van der Waals surface area contributed by atoms with E-state index in [0.717, 1.165) is 19.3 Å². The third-order valence-corrected chi connectivity index (χ3v) is 1.23. The van der Waals surface area contributed by atoms with E-state index in [1.807, 2.05) is 6.92 Å². The average molecular weight is 142 g/mol. The zero-order valence-electron chi connectivity index (χ0n) is 6.57. The molecule has 0 aromatic rings. The second kappa shape index (κ2) is 6.53. The lowest BCUT2D eigenvalue weighted by Gasteiger charge is -1.91. The Hall–Kier alpha value is -0.590. The second-order valence-electron chi connectivity index (χ2n) is 2.27. The summed E-state index contributed by atoms with van der Waals surface area (Å²) >= 11 is 0. The predicted molar refractivity (Wildman–Crippen MR) is 43.5 cm³/mol. The molecule has 0 aliphatic carbocycles. The molecule has 0 atom stereocenters. The summed E-state index contributed by atoms with van der Waals surface area (Å²) in [6.07, 6.45) is 6.57. The van der Waals surface area contributed by atoms with Gasteiger partial charge in [-0.15, -0.1) is 6.58 Å². The Morgan fingerprint density at radius 3 is 2.70 bits per heavy atom. The molecule has 10 heavy (non-hydrogen) atoms. The van der Waals surface area contributed by atoms with Gasteiger partial charge in [-0.25, -0.2) is 4.39 Å². The molecule has 0 N–H and O–H groups in total. The maximum atomic E-state index is 12.6. The third-order valence-electron chi connectivity index (χ3n) is 1.23. The number of allylic oxidation sites excluding steroid dienone is 3. The Morgan fingerprint density at radius 1 is 1.50 bits per heavy atom. The molecule has 0 aliphatic rings. The zero-order chi connectivity index (χ0) is 7.82. The first-order valence-corrected chi connectivity index (χ1v) is 3.76. The quantitative estimate of drug-likeness (QED) is 0.406. The molecule has 0 aliphatic heterocycles. The smallest absolute Gasteiger partial charge is 0.0959 e. The minimum absolute atomic E-state index is 0.0179. The molecule has 0 spiro atoms. The van der Waals surface area contributed by atoms with Crippen LogP contribution in [-0.2, 0) is 0 Å². The molecule has 0 heterocycles. The van der Waals surface area contributed by atoms with Crippen LogP contribution in [0.15, 0.2) is 24.6 Å². The Labute approximate surface area is 62.4 Å². The van der Waals surface area contributed by atoms with Gasteiger partial charge >= 0.3 is 0 Å². The molecule has 0 radical (unpaired) electrons. The summed E-state index contributed by atoms with van der Waals surface area (Å²) in [6, 6.07) is 0. The maximum Gasteiger partial charge on any atom is 0.0959 e. The van der Waals surface area contributed by atoms with Crippen LogP contribution >= 0.6 is 0 Å². The van der Waals surface area contributed by atoms with Crippen molar-refractivity contribution in [3.05, 3.63) is 24.6 Å². The van der Waals surface area contributed by atoms with Crippen LogP contribution < -0.4 is 0 Å². The van der Waals surface area contributed by atoms with Crippen molar-refractivity contribution in [2.75, 3.05) is 0 Å². The Kier molecular flexibility index (Phi) is 6.14. The molecule has 0 nitrogen and oxygen atoms in total. The van der Waals surface area contributed by atoms with Crippen LogP contribution in [0.1, 0.15) is 32.6 Å². The number of hydrogen-bond acceptors (Lipinski definition) is 0. The topological polar surface area (TPSA) is 0 Å². The van der Waals surface area contributed by atoms with E-state index < -0.39 is 0 Å². The minimum Gasteiger partial charge on any atom is -0.212 e. The maximum absolute atomic E-state index is 12.6. The van der Waals surface area contributed by atoms with E-state index in [1.165, 1.54) is 0 Å². The van der Waals surface area contributed by atoms with E-state index in [9.17, 15) is 4.39 Å². The van der Waals surface area contributed by atoms with Crippen molar-refractivity contribution >= 4 is 0 Å². The lowest BCUT2D eigenvalue weighted by molar-refractivity contribution is 0.577. The molecule has 0 unspecified atom stereocenters. The number of rotatable bonds is 5. The third kappa shape index (κ3) is 5.54. The number of unbranched alkanes of at least 4 members (excludes halogenated alkanes) is 1. The highest BCUT2D eigenvalue weighted by atomic mass is 19.1. The van der Waals surface area contributed by atoms with E-state index in [2.05, 4.69) is 6.58 Å². The van der Waals surface area contributed by atoms with Crippen molar-refractivity contribution in [2.45, 2.75) is 32.6 Å². The summed E-state index contributed by atoms with van der Waals surface area (Å²) in [4.78, 5) is 0. The van der Waals surface area contributed by atoms with Gasteiger partial charge in [0, 0.05) is 0 Å². The van der Waals surface area contributed by atoms with Gasteiger partial charge in [0.2, 0.25) is 0 Å². The van der Waals surface area contributed by atoms with Crippen molar-refractivity contribution in [3.8, 4) is 0 Å². The molecule has 1 heteroatoms. The van der Waals surface area contributed by atoms with Crippen molar-refractivity contribution in [1.29, 1.82) is 0 Å². The van der Waals surface area contributed by atoms with Gasteiger partial charge in [0.1, 0.15) is 0 Å². The van der Waals surface area contributed by atoms with Gasteiger partial charge in [-0.05, 0) is 25.7 Å². The van der Waals surface area contributed by atoms with Gasteiger partial charge in [0.05, 0.1) is 5.83 Å². The van der Waals surface area contributed by atoms with E-state index in [4.69, 9.17) is 0 Å². The highest BCUT2D eigenvalue weighted by molar-refractivity contribution is 4.92. The minimum atomic E-state index is 0.0179. The fraction of sp³-hybridized carbons (Fsp3) is 0.556. The SMILES string of the molecule is C=CCC/C=C(\F)CCC. The summed E-state index contributed by atoms with van der Waals surface area (Å²) in [5, 5.41) is 0. The van der Waals surface area contributed by atoms with Crippen LogP contribution in [0.3, 0.4) is 0 Å². The molecule has 58 valence electrons. The molecule has 0 amide bonds. The normalized spacial score (nSPS) is 11.6. The second-order valence-corrected chi connectivity index (χ2v) is 2.27. The van der Waals surface area contributed by atoms with Crippen molar-refractivity contribution in [3.63, 3.8) is 0 Å². The molecule has 0 saturated heterocycles. The fourth-order valence-electron chi connectivity index (χ4n) is 0.699. The highest BCUT2D eigenvalue weighted by Gasteiger charge is 1.89. The van der Waals surface area contributed by atoms with Gasteiger partial charge in [-0.1, -0.05) is 19.1 Å². The molecule has 0 saturated carbocycles. The van der Waals surface area contributed by atoms with E-state index in [1.54, 1.807) is 12.2 Å². The van der Waals surface area contributed by atoms with Gasteiger partial charge in [0.25, 0.3) is 0 Å². The van der Waals surface area contributed by atoms with Crippen LogP contribution in [0.25, 0.3) is 0 Å². The largest absolute Gasteiger partial charge is 0.212 e. The average Bonchev–Trinajstić information content (AvgIpc) is 1.89. The van der Waals surface area contributed by atoms with Gasteiger partial charge in [-0.2, -0.15) is 0 Å². The first-order chi connectivity index (χ1) is 4.81. The summed E-state index contributed by atoms with van der Waals surface area (Å²) in [7, 11) is 0. The zero-order valence-corrected chi connectivity index (χ0v) is 6.57. The molecule has 0 bridgehead atoms. The Morgan fingerprint density at radius 2 is 2.20 bits per heavy atom. The summed E-state index contributed by atoms with van der Waals surface area (Å²) < 4.78 is 12.6. The molecule has 0 fully saturated rings. The van der Waals surface area contributed by atoms with Crippen LogP contribution in [0.5, 0.6) is 0 Å². The van der Waals surface area contributed by atoms with Gasteiger partial charge < -0.3 is 0 Å². The Balaban J connectivity index is 3.36. The van der Waals surface area contributed by atoms with E-state index >= 15 is 0 Å². The predicted octanol–water partition coefficient (Wildman–Crippen LogP) is 3.61. The number of halogens is 1. The van der Waals surface area contributed by atoms with Gasteiger partial charge in [-0.3, -0.25) is 0 Å². The number of hydrogen-bond donors (Lipinski definition) is 0. The van der Waals surface area contributed by atoms with E-state index in [-0.39, 0.29) is 5.83 Å². The first-order valence-electron chi connectivity index (χ1n) is 3.76. The lowest BCUT2D eigenvalue weighted by atomic mass is 10.2. The van der Waals surface area contributed by atoms with Crippen LogP contribution in [0.2, 0.25) is 0 Å². The van der Waals surface area contributed by atoms with Crippen molar-refractivity contribution in [1.82, 2.24) is 0 Å². The molecular formula is C9H15F. The molecule has 0 rings (SSSR count). The molecular weight excluding hydrogens is 127 g/mol. The summed E-state index contributed by atoms with van der Waals surface area (Å²) in [6.45, 7) is 5.52. The van der Waals surface area contributed by atoms with Crippen molar-refractivity contribution < 1.29 is 4.39 Å². The Bertz CT molecular complexity index is 114. The first kappa shape index (κ1) is 9.41. The van der Waals surface area contributed by atoms with Crippen LogP contribution in [0, 0.1) is 0 Å². The summed E-state index contributed by atoms with van der Waals surface area (Å²) in [5.41, 5.74) is 0. The highest BCUT2D eigenvalue weighted by Crippen LogP contribution is 2.07. The van der Waals surface area contributed by atoms with Gasteiger partial charge in [0.15, 0.2) is 0 Å². The fourth-order valence-corrected chi connectivity index (χ4v) is 0.699. The van der Waals surface area contributed by atoms with Crippen LogP contribution in [-0.4, -0.2) is 0 Å².